The van der Waals surface area contributed by atoms with Crippen LogP contribution in [0.1, 0.15) is 41.1 Å². The van der Waals surface area contributed by atoms with Crippen LogP contribution < -0.4 is 0 Å². The van der Waals surface area contributed by atoms with Crippen LogP contribution in [0.3, 0.4) is 0 Å². The first-order valence-corrected chi connectivity index (χ1v) is 8.73. The van der Waals surface area contributed by atoms with Crippen LogP contribution in [0.4, 0.5) is 0 Å². The molecule has 1 fully saturated rings. The lowest BCUT2D eigenvalue weighted by atomic mass is 9.90. The van der Waals surface area contributed by atoms with Gasteiger partial charge in [0.05, 0.1) is 0 Å². The summed E-state index contributed by atoms with van der Waals surface area (Å²) in [5, 5.41) is 9.05. The van der Waals surface area contributed by atoms with Crippen LogP contribution in [-0.4, -0.2) is 34.8 Å². The predicted octanol–water partition coefficient (Wildman–Crippen LogP) is 2.83. The third-order valence-electron chi connectivity index (χ3n) is 4.70. The molecule has 1 aromatic heterocycles. The molecule has 1 aromatic carbocycles. The molecule has 0 aliphatic carbocycles. The molecule has 1 N–H and O–H groups in total. The van der Waals surface area contributed by atoms with E-state index in [1.165, 1.54) is 0 Å². The van der Waals surface area contributed by atoms with Gasteiger partial charge in [0.15, 0.2) is 5.76 Å². The van der Waals surface area contributed by atoms with Gasteiger partial charge < -0.3 is 14.4 Å². The average molecular weight is 341 g/mol. The highest BCUT2D eigenvalue weighted by atomic mass is 16.4. The van der Waals surface area contributed by atoms with Crippen LogP contribution in [0.2, 0.25) is 0 Å². The number of hydrogen-bond donors (Lipinski definition) is 1. The topological polar surface area (TPSA) is 70.8 Å². The highest BCUT2D eigenvalue weighted by Crippen LogP contribution is 2.22. The second-order valence-corrected chi connectivity index (χ2v) is 6.47. The maximum atomic E-state index is 12.5. The summed E-state index contributed by atoms with van der Waals surface area (Å²) in [4.78, 5) is 26.7. The fraction of sp³-hybridized carbons (Fsp3) is 0.400. The first kappa shape index (κ1) is 17.4. The molecule has 0 spiro atoms. The minimum Gasteiger partial charge on any atom is -0.453 e. The Bertz CT molecular complexity index is 722. The number of piperidine rings is 1. The minimum absolute atomic E-state index is 0.103. The number of aryl methyl sites for hydroxylation is 1. The Hall–Kier alpha value is -2.40. The van der Waals surface area contributed by atoms with Gasteiger partial charge in [0, 0.05) is 25.4 Å². The minimum atomic E-state index is -0.228. The molecule has 0 unspecified atom stereocenters. The van der Waals surface area contributed by atoms with E-state index in [9.17, 15) is 9.59 Å². The second-order valence-electron chi connectivity index (χ2n) is 6.47. The van der Waals surface area contributed by atoms with E-state index in [1.807, 2.05) is 30.3 Å². The highest BCUT2D eigenvalue weighted by molar-refractivity contribution is 5.92. The molecule has 2 aromatic rings. The van der Waals surface area contributed by atoms with Crippen LogP contribution in [0.15, 0.2) is 46.9 Å². The molecular weight excluding hydrogens is 318 g/mol. The van der Waals surface area contributed by atoms with Crippen molar-refractivity contribution in [1.82, 2.24) is 4.90 Å². The van der Waals surface area contributed by atoms with E-state index in [2.05, 4.69) is 0 Å². The predicted molar refractivity (Wildman–Crippen MR) is 93.0 cm³/mol. The molecule has 1 atom stereocenters. The molecule has 5 nitrogen and oxygen atoms in total. The Morgan fingerprint density at radius 3 is 2.68 bits per heavy atom. The van der Waals surface area contributed by atoms with Crippen LogP contribution in [0.25, 0.3) is 0 Å². The Morgan fingerprint density at radius 1 is 1.16 bits per heavy atom. The standard InChI is InChI=1S/C20H23NO4/c22-14-17-9-11-19(25-17)20(24)21-12-4-7-16(13-21)18(23)10-8-15-5-2-1-3-6-15/h1-3,5-6,9,11,16,22H,4,7-8,10,12-14H2/t16-/m1/s1. The van der Waals surface area contributed by atoms with Crippen LogP contribution in [0, 0.1) is 5.92 Å². The van der Waals surface area contributed by atoms with E-state index in [0.717, 1.165) is 24.8 Å². The van der Waals surface area contributed by atoms with Crippen molar-refractivity contribution in [2.24, 2.45) is 5.92 Å². The zero-order valence-electron chi connectivity index (χ0n) is 14.2. The molecule has 2 heterocycles. The Kier molecular flexibility index (Phi) is 5.66. The van der Waals surface area contributed by atoms with Crippen LogP contribution >= 0.6 is 0 Å². The van der Waals surface area contributed by atoms with E-state index >= 15 is 0 Å². The van der Waals surface area contributed by atoms with Gasteiger partial charge in [0.2, 0.25) is 0 Å². The molecule has 1 aliphatic rings. The summed E-state index contributed by atoms with van der Waals surface area (Å²) in [5.41, 5.74) is 1.16. The van der Waals surface area contributed by atoms with E-state index in [0.29, 0.717) is 25.3 Å². The summed E-state index contributed by atoms with van der Waals surface area (Å²) < 4.78 is 5.32. The largest absolute Gasteiger partial charge is 0.453 e. The Morgan fingerprint density at radius 2 is 1.96 bits per heavy atom. The summed E-state index contributed by atoms with van der Waals surface area (Å²) in [6.45, 7) is 0.853. The smallest absolute Gasteiger partial charge is 0.289 e. The number of carbonyl (C=O) groups excluding carboxylic acids is 2. The average Bonchev–Trinajstić information content (AvgIpc) is 3.15. The van der Waals surface area contributed by atoms with E-state index < -0.39 is 0 Å². The molecule has 0 saturated carbocycles. The van der Waals surface area contributed by atoms with Crippen LogP contribution in [-0.2, 0) is 17.8 Å². The monoisotopic (exact) mass is 341 g/mol. The molecule has 25 heavy (non-hydrogen) atoms. The molecule has 1 aliphatic heterocycles. The van der Waals surface area contributed by atoms with Gasteiger partial charge in [-0.2, -0.15) is 0 Å². The summed E-state index contributed by atoms with van der Waals surface area (Å²) in [7, 11) is 0. The normalized spacial score (nSPS) is 17.5. The zero-order chi connectivity index (χ0) is 17.6. The molecular formula is C20H23NO4. The van der Waals surface area contributed by atoms with E-state index in [-0.39, 0.29) is 30.0 Å². The number of amides is 1. The fourth-order valence-corrected chi connectivity index (χ4v) is 3.27. The van der Waals surface area contributed by atoms with Crippen molar-refractivity contribution in [2.45, 2.75) is 32.3 Å². The SMILES string of the molecule is O=C(CCc1ccccc1)[C@@H]1CCCN(C(=O)c2ccc(CO)o2)C1. The van der Waals surface area contributed by atoms with Crippen molar-refractivity contribution in [2.75, 3.05) is 13.1 Å². The number of aliphatic hydroxyl groups is 1. The molecule has 5 heteroatoms. The number of hydrogen-bond acceptors (Lipinski definition) is 4. The van der Waals surface area contributed by atoms with Gasteiger partial charge in [-0.1, -0.05) is 30.3 Å². The van der Waals surface area contributed by atoms with Gasteiger partial charge >= 0.3 is 0 Å². The first-order valence-electron chi connectivity index (χ1n) is 8.73. The quantitative estimate of drug-likeness (QED) is 0.877. The molecule has 0 radical (unpaired) electrons. The third-order valence-corrected chi connectivity index (χ3v) is 4.70. The van der Waals surface area contributed by atoms with E-state index in [4.69, 9.17) is 9.52 Å². The second kappa shape index (κ2) is 8.12. The Balaban J connectivity index is 1.56. The third kappa shape index (κ3) is 4.37. The van der Waals surface area contributed by atoms with Crippen molar-refractivity contribution in [3.63, 3.8) is 0 Å². The molecule has 3 rings (SSSR count). The zero-order valence-corrected chi connectivity index (χ0v) is 14.2. The van der Waals surface area contributed by atoms with E-state index in [1.54, 1.807) is 17.0 Å². The molecule has 1 amide bonds. The number of furan rings is 1. The number of nitrogens with zero attached hydrogens (tertiary/aromatic N) is 1. The summed E-state index contributed by atoms with van der Waals surface area (Å²) >= 11 is 0. The maximum absolute atomic E-state index is 12.5. The summed E-state index contributed by atoms with van der Waals surface area (Å²) in [6, 6.07) is 13.1. The number of Topliss-reactive ketones (excluding diaryl/α,β-unsaturated/α-hetero) is 1. The number of likely N-dealkylation sites (tertiary alicyclic amines) is 1. The van der Waals surface area contributed by atoms with Crippen molar-refractivity contribution in [1.29, 1.82) is 0 Å². The van der Waals surface area contributed by atoms with Crippen molar-refractivity contribution in [3.05, 3.63) is 59.5 Å². The molecule has 132 valence electrons. The number of ketones is 1. The summed E-state index contributed by atoms with van der Waals surface area (Å²) in [6.07, 6.45) is 2.90. The van der Waals surface area contributed by atoms with Gasteiger partial charge in [-0.15, -0.1) is 0 Å². The number of benzene rings is 1. The Labute approximate surface area is 147 Å². The van der Waals surface area contributed by atoms with Gasteiger partial charge in [-0.3, -0.25) is 9.59 Å². The van der Waals surface area contributed by atoms with Gasteiger partial charge in [0.25, 0.3) is 5.91 Å². The van der Waals surface area contributed by atoms with Crippen molar-refractivity contribution >= 4 is 11.7 Å². The van der Waals surface area contributed by atoms with Gasteiger partial charge in [-0.25, -0.2) is 0 Å². The van der Waals surface area contributed by atoms with Crippen molar-refractivity contribution in [3.8, 4) is 0 Å². The van der Waals surface area contributed by atoms with Gasteiger partial charge in [0.1, 0.15) is 18.2 Å². The van der Waals surface area contributed by atoms with Crippen LogP contribution in [0.5, 0.6) is 0 Å². The number of rotatable bonds is 6. The number of aliphatic hydroxyl groups excluding tert-OH is 1. The fourth-order valence-electron chi connectivity index (χ4n) is 3.27. The first-order chi connectivity index (χ1) is 12.2. The molecule has 1 saturated heterocycles. The highest BCUT2D eigenvalue weighted by Gasteiger charge is 2.29. The lowest BCUT2D eigenvalue weighted by molar-refractivity contribution is -0.124. The maximum Gasteiger partial charge on any atom is 0.289 e. The van der Waals surface area contributed by atoms with Gasteiger partial charge in [-0.05, 0) is 37.0 Å². The molecule has 0 bridgehead atoms. The number of carbonyl (C=O) groups is 2. The lowest BCUT2D eigenvalue weighted by Gasteiger charge is -2.31. The van der Waals surface area contributed by atoms with Crippen molar-refractivity contribution < 1.29 is 19.1 Å². The summed E-state index contributed by atoms with van der Waals surface area (Å²) in [5.74, 6) is 0.503. The lowest BCUT2D eigenvalue weighted by Crippen LogP contribution is -2.42.